The number of aromatic hydroxyl groups is 1. The molecule has 50 heavy (non-hydrogen) atoms. The summed E-state index contributed by atoms with van der Waals surface area (Å²) in [7, 11) is 1.44. The Morgan fingerprint density at radius 2 is 1.90 bits per heavy atom. The van der Waals surface area contributed by atoms with Gasteiger partial charge in [0, 0.05) is 37.1 Å². The molecule has 2 aliphatic heterocycles. The Morgan fingerprint density at radius 3 is 2.60 bits per heavy atom. The number of alkyl halides is 3. The Bertz CT molecular complexity index is 2230. The molecule has 1 aromatic carbocycles. The first-order valence-electron chi connectivity index (χ1n) is 15.2. The van der Waals surface area contributed by atoms with E-state index >= 15 is 0 Å². The summed E-state index contributed by atoms with van der Waals surface area (Å²) in [4.78, 5) is 55.0. The molecular formula is C32H26ClF3N8O6. The van der Waals surface area contributed by atoms with Crippen LogP contribution in [-0.4, -0.2) is 71.2 Å². The SMILES string of the molecule is COc1cc(-c2nc3n(CC(=O)Nc4ccc(C(F)(F)F)cc4Cl)c4c(c(=O)n3n2)C2(CCN(C(=O)c3ncccc3O)CC2)OC4)ccn1. The normalized spacial score (nSPS) is 15.3. The number of rotatable bonds is 6. The second-order valence-electron chi connectivity index (χ2n) is 11.6. The number of fused-ring (bicyclic) bond motifs is 3. The Morgan fingerprint density at radius 1 is 1.12 bits per heavy atom. The van der Waals surface area contributed by atoms with Crippen molar-refractivity contribution in [1.82, 2.24) is 34.0 Å². The lowest BCUT2D eigenvalue weighted by molar-refractivity contribution is -0.137. The maximum absolute atomic E-state index is 14.2. The molecule has 2 aliphatic rings. The molecule has 1 fully saturated rings. The first-order valence-corrected chi connectivity index (χ1v) is 15.5. The van der Waals surface area contributed by atoms with Gasteiger partial charge in [-0.2, -0.15) is 22.7 Å². The number of likely N-dealkylation sites (tertiary alicyclic amines) is 1. The lowest BCUT2D eigenvalue weighted by Gasteiger charge is -2.38. The van der Waals surface area contributed by atoms with Gasteiger partial charge in [0.25, 0.3) is 11.5 Å². The van der Waals surface area contributed by atoms with Crippen LogP contribution < -0.4 is 15.6 Å². The van der Waals surface area contributed by atoms with Gasteiger partial charge in [-0.25, -0.2) is 9.97 Å². The van der Waals surface area contributed by atoms with E-state index in [2.05, 4.69) is 25.4 Å². The highest BCUT2D eigenvalue weighted by atomic mass is 35.5. The van der Waals surface area contributed by atoms with E-state index in [9.17, 15) is 32.7 Å². The number of anilines is 1. The molecule has 2 amide bonds. The number of ether oxygens (including phenoxy) is 2. The minimum Gasteiger partial charge on any atom is -0.505 e. The van der Waals surface area contributed by atoms with Crippen molar-refractivity contribution in [2.75, 3.05) is 25.5 Å². The molecular weight excluding hydrogens is 685 g/mol. The maximum Gasteiger partial charge on any atom is 0.416 e. The number of nitrogens with zero attached hydrogens (tertiary/aromatic N) is 7. The number of hydrogen-bond acceptors (Lipinski definition) is 10. The third kappa shape index (κ3) is 5.77. The largest absolute Gasteiger partial charge is 0.505 e. The van der Waals surface area contributed by atoms with Gasteiger partial charge in [-0.15, -0.1) is 5.10 Å². The van der Waals surface area contributed by atoms with E-state index in [1.54, 1.807) is 12.1 Å². The quantitative estimate of drug-likeness (QED) is 0.263. The predicted octanol–water partition coefficient (Wildman–Crippen LogP) is 4.03. The van der Waals surface area contributed by atoms with Crippen LogP contribution in [-0.2, 0) is 34.5 Å². The van der Waals surface area contributed by atoms with Crippen molar-refractivity contribution in [2.45, 2.75) is 37.8 Å². The van der Waals surface area contributed by atoms with Crippen molar-refractivity contribution in [3.05, 3.63) is 92.7 Å². The van der Waals surface area contributed by atoms with Crippen LogP contribution in [0.4, 0.5) is 18.9 Å². The number of amides is 2. The van der Waals surface area contributed by atoms with Gasteiger partial charge in [-0.05, 0) is 49.2 Å². The van der Waals surface area contributed by atoms with E-state index < -0.39 is 41.3 Å². The average molecular weight is 711 g/mol. The Balaban J connectivity index is 1.26. The highest BCUT2D eigenvalue weighted by Crippen LogP contribution is 2.43. The molecule has 0 aliphatic carbocycles. The van der Waals surface area contributed by atoms with Crippen molar-refractivity contribution in [3.63, 3.8) is 0 Å². The summed E-state index contributed by atoms with van der Waals surface area (Å²) in [6, 6.07) is 8.64. The second kappa shape index (κ2) is 12.4. The molecule has 258 valence electrons. The average Bonchev–Trinajstić information content (AvgIpc) is 3.71. The number of benzene rings is 1. The first-order chi connectivity index (χ1) is 23.9. The van der Waals surface area contributed by atoms with Crippen LogP contribution in [0.5, 0.6) is 11.6 Å². The van der Waals surface area contributed by atoms with Crippen molar-refractivity contribution in [3.8, 4) is 23.0 Å². The Labute approximate surface area is 285 Å². The van der Waals surface area contributed by atoms with Crippen LogP contribution in [0.3, 0.4) is 0 Å². The van der Waals surface area contributed by atoms with Crippen LogP contribution in [0.15, 0.2) is 59.7 Å². The van der Waals surface area contributed by atoms with Crippen LogP contribution in [0.25, 0.3) is 17.2 Å². The zero-order chi connectivity index (χ0) is 35.4. The van der Waals surface area contributed by atoms with Gasteiger partial charge in [-0.3, -0.25) is 14.4 Å². The highest BCUT2D eigenvalue weighted by molar-refractivity contribution is 6.33. The molecule has 1 spiro atoms. The van der Waals surface area contributed by atoms with Gasteiger partial charge in [0.1, 0.15) is 17.9 Å². The van der Waals surface area contributed by atoms with Gasteiger partial charge in [0.05, 0.1) is 41.2 Å². The molecule has 1 saturated heterocycles. The third-order valence-corrected chi connectivity index (χ3v) is 9.03. The number of pyridine rings is 2. The molecule has 0 bridgehead atoms. The van der Waals surface area contributed by atoms with Crippen molar-refractivity contribution in [1.29, 1.82) is 0 Å². The van der Waals surface area contributed by atoms with Crippen LogP contribution >= 0.6 is 11.6 Å². The monoisotopic (exact) mass is 710 g/mol. The summed E-state index contributed by atoms with van der Waals surface area (Å²) < 4.78 is 53.6. The fourth-order valence-corrected chi connectivity index (χ4v) is 6.47. The van der Waals surface area contributed by atoms with Crippen LogP contribution in [0, 0.1) is 0 Å². The van der Waals surface area contributed by atoms with E-state index in [0.717, 1.165) is 16.6 Å². The minimum absolute atomic E-state index is 0.00656. The van der Waals surface area contributed by atoms with E-state index in [1.807, 2.05) is 0 Å². The zero-order valence-corrected chi connectivity index (χ0v) is 26.8. The number of hydrogen-bond donors (Lipinski definition) is 2. The molecule has 18 heteroatoms. The molecule has 4 aromatic heterocycles. The van der Waals surface area contributed by atoms with Gasteiger partial charge >= 0.3 is 6.18 Å². The molecule has 0 atom stereocenters. The summed E-state index contributed by atoms with van der Waals surface area (Å²) in [5.74, 6) is -0.985. The fraction of sp³-hybridized carbons (Fsp3) is 0.281. The van der Waals surface area contributed by atoms with E-state index in [0.29, 0.717) is 17.3 Å². The van der Waals surface area contributed by atoms with Gasteiger partial charge < -0.3 is 29.4 Å². The smallest absolute Gasteiger partial charge is 0.416 e. The standard InChI is InChI=1S/C32H26ClF3N8O6/c1-49-24-13-17(6-10-37-24)27-40-30-43(15-23(46)39-20-5-4-18(14-19(20)33)32(34,35)36)21-16-50-31(25(21)28(47)44(30)41-27)7-11-42(12-8-31)29(48)26-22(45)3-2-9-38-26/h2-6,9-10,13-14,45H,7-8,11-12,15-16H2,1H3,(H,39,46). The van der Waals surface area contributed by atoms with Gasteiger partial charge in [-0.1, -0.05) is 11.6 Å². The molecule has 14 nitrogen and oxygen atoms in total. The second-order valence-corrected chi connectivity index (χ2v) is 12.0. The Hall–Kier alpha value is -5.55. The van der Waals surface area contributed by atoms with Crippen LogP contribution in [0.2, 0.25) is 5.02 Å². The lowest BCUT2D eigenvalue weighted by atomic mass is 9.85. The lowest BCUT2D eigenvalue weighted by Crippen LogP contribution is -2.47. The molecule has 2 N–H and O–H groups in total. The van der Waals surface area contributed by atoms with Crippen molar-refractivity contribution >= 4 is 34.9 Å². The number of piperidine rings is 1. The van der Waals surface area contributed by atoms with E-state index in [-0.39, 0.29) is 77.7 Å². The molecule has 0 saturated carbocycles. The van der Waals surface area contributed by atoms with Crippen molar-refractivity contribution in [2.24, 2.45) is 0 Å². The summed E-state index contributed by atoms with van der Waals surface area (Å²) in [5.41, 5.74) is -1.73. The fourth-order valence-electron chi connectivity index (χ4n) is 6.24. The highest BCUT2D eigenvalue weighted by Gasteiger charge is 2.48. The summed E-state index contributed by atoms with van der Waals surface area (Å²) in [6.07, 6.45) is -1.33. The van der Waals surface area contributed by atoms with Gasteiger partial charge in [0.15, 0.2) is 11.5 Å². The summed E-state index contributed by atoms with van der Waals surface area (Å²) >= 11 is 6.10. The Kier molecular flexibility index (Phi) is 8.18. The van der Waals surface area contributed by atoms with E-state index in [1.165, 1.54) is 41.1 Å². The third-order valence-electron chi connectivity index (χ3n) is 8.71. The molecule has 0 unspecified atom stereocenters. The predicted molar refractivity (Wildman–Crippen MR) is 170 cm³/mol. The summed E-state index contributed by atoms with van der Waals surface area (Å²) in [5, 5.41) is 16.9. The number of nitrogens with one attached hydrogen (secondary N) is 1. The number of aromatic nitrogens is 6. The first kappa shape index (κ1) is 33.0. The van der Waals surface area contributed by atoms with E-state index in [4.69, 9.17) is 21.1 Å². The topological polar surface area (TPSA) is 166 Å². The zero-order valence-electron chi connectivity index (χ0n) is 26.1. The minimum atomic E-state index is -4.63. The number of halogens is 4. The number of carbonyl (C=O) groups is 2. The van der Waals surface area contributed by atoms with Crippen LogP contribution in [0.1, 0.15) is 40.2 Å². The summed E-state index contributed by atoms with van der Waals surface area (Å²) in [6.45, 7) is -0.198. The molecule has 7 rings (SSSR count). The number of methoxy groups -OCH3 is 1. The maximum atomic E-state index is 14.2. The molecule has 5 aromatic rings. The number of carbonyl (C=O) groups excluding carboxylic acids is 2. The molecule has 6 heterocycles. The van der Waals surface area contributed by atoms with Crippen molar-refractivity contribution < 1.29 is 37.3 Å². The molecule has 0 radical (unpaired) electrons. The van der Waals surface area contributed by atoms with Gasteiger partial charge in [0.2, 0.25) is 17.6 Å².